The minimum Gasteiger partial charge on any atom is -0.486 e. The minimum atomic E-state index is -0.0977. The molecule has 1 fully saturated rings. The number of benzene rings is 2. The van der Waals surface area contributed by atoms with E-state index in [-0.39, 0.29) is 5.91 Å². The van der Waals surface area contributed by atoms with Gasteiger partial charge in [-0.25, -0.2) is 0 Å². The molecule has 1 saturated heterocycles. The molecule has 2 aromatic rings. The number of rotatable bonds is 5. The Labute approximate surface area is 178 Å². The number of aryl methyl sites for hydroxylation is 1. The largest absolute Gasteiger partial charge is 0.486 e. The Hall–Kier alpha value is -1.53. The normalized spacial score (nSPS) is 15.7. The summed E-state index contributed by atoms with van der Waals surface area (Å²) in [5.41, 5.74) is 2.92. The number of halogens is 2. The number of thiocarbonyl (C=S) groups is 1. The Morgan fingerprint density at radius 1 is 1.22 bits per heavy atom. The van der Waals surface area contributed by atoms with Crippen LogP contribution in [0, 0.1) is 6.92 Å². The van der Waals surface area contributed by atoms with Gasteiger partial charge in [0.15, 0.2) is 5.75 Å². The van der Waals surface area contributed by atoms with Crippen LogP contribution in [-0.2, 0) is 11.4 Å². The van der Waals surface area contributed by atoms with Crippen LogP contribution in [0.4, 0.5) is 0 Å². The third-order valence-electron chi connectivity index (χ3n) is 3.97. The molecule has 0 saturated carbocycles. The zero-order chi connectivity index (χ0) is 19.6. The van der Waals surface area contributed by atoms with E-state index in [1.807, 2.05) is 38.1 Å². The zero-order valence-electron chi connectivity index (χ0n) is 14.8. The SMILES string of the molecule is CCN1C(=O)/C(=C/c2cc(Cl)c(OCc3cccc(C)c3)c(Cl)c2)SC1=S. The number of carbonyl (C=O) groups is 1. The lowest BCUT2D eigenvalue weighted by atomic mass is 10.1. The number of likely N-dealkylation sites (N-methyl/N-ethyl adjacent to an activating group) is 1. The predicted molar refractivity (Wildman–Crippen MR) is 118 cm³/mol. The Balaban J connectivity index is 1.80. The Kier molecular flexibility index (Phi) is 6.48. The van der Waals surface area contributed by atoms with E-state index in [9.17, 15) is 4.79 Å². The van der Waals surface area contributed by atoms with Gasteiger partial charge >= 0.3 is 0 Å². The Bertz CT molecular complexity index is 920. The molecule has 0 aliphatic carbocycles. The van der Waals surface area contributed by atoms with E-state index in [1.54, 1.807) is 23.1 Å². The second kappa shape index (κ2) is 8.65. The van der Waals surface area contributed by atoms with E-state index >= 15 is 0 Å². The summed E-state index contributed by atoms with van der Waals surface area (Å²) in [7, 11) is 0. The van der Waals surface area contributed by atoms with Crippen molar-refractivity contribution in [1.29, 1.82) is 0 Å². The van der Waals surface area contributed by atoms with E-state index < -0.39 is 0 Å². The molecular weight excluding hydrogens is 421 g/mol. The van der Waals surface area contributed by atoms with Crippen LogP contribution < -0.4 is 4.74 Å². The Morgan fingerprint density at radius 2 is 1.93 bits per heavy atom. The molecular formula is C20H17Cl2NO2S2. The van der Waals surface area contributed by atoms with Crippen molar-refractivity contribution >= 4 is 63.5 Å². The number of hydrogen-bond acceptors (Lipinski definition) is 4. The third kappa shape index (κ3) is 4.66. The smallest absolute Gasteiger partial charge is 0.266 e. The van der Waals surface area contributed by atoms with Crippen molar-refractivity contribution in [3.63, 3.8) is 0 Å². The number of carbonyl (C=O) groups excluding carboxylic acids is 1. The summed E-state index contributed by atoms with van der Waals surface area (Å²) in [5.74, 6) is 0.331. The highest BCUT2D eigenvalue weighted by Gasteiger charge is 2.30. The van der Waals surface area contributed by atoms with E-state index in [0.717, 1.165) is 16.7 Å². The van der Waals surface area contributed by atoms with Crippen LogP contribution in [0.5, 0.6) is 5.75 Å². The van der Waals surface area contributed by atoms with E-state index in [4.69, 9.17) is 40.2 Å². The van der Waals surface area contributed by atoms with Gasteiger partial charge in [-0.2, -0.15) is 0 Å². The summed E-state index contributed by atoms with van der Waals surface area (Å²) in [4.78, 5) is 14.5. The summed E-state index contributed by atoms with van der Waals surface area (Å²) in [6.07, 6.45) is 1.75. The van der Waals surface area contributed by atoms with Gasteiger partial charge in [-0.05, 0) is 43.2 Å². The van der Waals surface area contributed by atoms with Crippen LogP contribution in [0.25, 0.3) is 6.08 Å². The van der Waals surface area contributed by atoms with Gasteiger partial charge in [-0.1, -0.05) is 77.0 Å². The predicted octanol–water partition coefficient (Wildman–Crippen LogP) is 6.10. The lowest BCUT2D eigenvalue weighted by Crippen LogP contribution is -2.27. The molecule has 7 heteroatoms. The standard InChI is InChI=1S/C20H17Cl2NO2S2/c1-3-23-19(24)17(27-20(23)26)10-14-8-15(21)18(16(22)9-14)25-11-13-6-4-5-12(2)7-13/h4-10H,3,11H2,1-2H3/b17-10-. The quantitative estimate of drug-likeness (QED) is 0.417. The monoisotopic (exact) mass is 437 g/mol. The average Bonchev–Trinajstić information content (AvgIpc) is 2.87. The molecule has 0 radical (unpaired) electrons. The van der Waals surface area contributed by atoms with Gasteiger partial charge in [0.1, 0.15) is 10.9 Å². The molecule has 140 valence electrons. The number of hydrogen-bond donors (Lipinski definition) is 0. The van der Waals surface area contributed by atoms with Crippen molar-refractivity contribution in [2.75, 3.05) is 6.54 Å². The van der Waals surface area contributed by atoms with Crippen LogP contribution in [0.2, 0.25) is 10.0 Å². The van der Waals surface area contributed by atoms with Crippen molar-refractivity contribution < 1.29 is 9.53 Å². The van der Waals surface area contributed by atoms with Gasteiger partial charge in [0, 0.05) is 6.54 Å². The summed E-state index contributed by atoms with van der Waals surface area (Å²) in [6, 6.07) is 11.5. The van der Waals surface area contributed by atoms with Crippen molar-refractivity contribution in [2.24, 2.45) is 0 Å². The number of nitrogens with zero attached hydrogens (tertiary/aromatic N) is 1. The molecule has 0 atom stereocenters. The summed E-state index contributed by atoms with van der Waals surface area (Å²) in [6.45, 7) is 4.84. The van der Waals surface area contributed by atoms with Crippen LogP contribution in [-0.4, -0.2) is 21.7 Å². The highest BCUT2D eigenvalue weighted by molar-refractivity contribution is 8.26. The van der Waals surface area contributed by atoms with Crippen LogP contribution in [0.3, 0.4) is 0 Å². The molecule has 2 aromatic carbocycles. The van der Waals surface area contributed by atoms with Crippen LogP contribution >= 0.6 is 47.2 Å². The zero-order valence-corrected chi connectivity index (χ0v) is 17.9. The highest BCUT2D eigenvalue weighted by Crippen LogP contribution is 2.37. The first kappa shape index (κ1) is 20.2. The first-order valence-corrected chi connectivity index (χ1v) is 10.3. The minimum absolute atomic E-state index is 0.0977. The van der Waals surface area contributed by atoms with Gasteiger partial charge in [0.2, 0.25) is 0 Å². The fraction of sp³-hybridized carbons (Fsp3) is 0.200. The molecule has 1 aliphatic heterocycles. The van der Waals surface area contributed by atoms with Gasteiger partial charge in [-0.3, -0.25) is 9.69 Å². The average molecular weight is 438 g/mol. The van der Waals surface area contributed by atoms with Gasteiger partial charge in [-0.15, -0.1) is 0 Å². The molecule has 0 aromatic heterocycles. The maximum absolute atomic E-state index is 12.3. The molecule has 0 unspecified atom stereocenters. The lowest BCUT2D eigenvalue weighted by molar-refractivity contribution is -0.121. The molecule has 3 rings (SSSR count). The first-order valence-electron chi connectivity index (χ1n) is 8.31. The topological polar surface area (TPSA) is 29.5 Å². The lowest BCUT2D eigenvalue weighted by Gasteiger charge is -2.12. The van der Waals surface area contributed by atoms with Gasteiger partial charge < -0.3 is 4.74 Å². The highest BCUT2D eigenvalue weighted by atomic mass is 35.5. The second-order valence-corrected chi connectivity index (χ2v) is 8.51. The fourth-order valence-electron chi connectivity index (χ4n) is 2.68. The maximum Gasteiger partial charge on any atom is 0.266 e. The van der Waals surface area contributed by atoms with Crippen LogP contribution in [0.1, 0.15) is 23.6 Å². The van der Waals surface area contributed by atoms with Crippen molar-refractivity contribution in [2.45, 2.75) is 20.5 Å². The molecule has 1 aliphatic rings. The number of thioether (sulfide) groups is 1. The van der Waals surface area contributed by atoms with Crippen LogP contribution in [0.15, 0.2) is 41.3 Å². The molecule has 1 heterocycles. The fourth-order valence-corrected chi connectivity index (χ4v) is 4.68. The number of amides is 1. The third-order valence-corrected chi connectivity index (χ3v) is 5.91. The van der Waals surface area contributed by atoms with Crippen molar-refractivity contribution in [3.05, 3.63) is 68.0 Å². The van der Waals surface area contributed by atoms with Crippen molar-refractivity contribution in [3.8, 4) is 5.75 Å². The van der Waals surface area contributed by atoms with Gasteiger partial charge in [0.05, 0.1) is 15.0 Å². The maximum atomic E-state index is 12.3. The van der Waals surface area contributed by atoms with Crippen molar-refractivity contribution in [1.82, 2.24) is 4.90 Å². The van der Waals surface area contributed by atoms with E-state index in [1.165, 1.54) is 11.8 Å². The van der Waals surface area contributed by atoms with E-state index in [0.29, 0.717) is 38.2 Å². The number of ether oxygens (including phenoxy) is 1. The summed E-state index contributed by atoms with van der Waals surface area (Å²) < 4.78 is 6.38. The first-order chi connectivity index (χ1) is 12.9. The molecule has 0 bridgehead atoms. The molecule has 3 nitrogen and oxygen atoms in total. The summed E-state index contributed by atoms with van der Waals surface area (Å²) >= 11 is 19.2. The molecule has 0 N–H and O–H groups in total. The van der Waals surface area contributed by atoms with Gasteiger partial charge in [0.25, 0.3) is 5.91 Å². The molecule has 0 spiro atoms. The molecule has 27 heavy (non-hydrogen) atoms. The Morgan fingerprint density at radius 3 is 2.52 bits per heavy atom. The van der Waals surface area contributed by atoms with E-state index in [2.05, 4.69) is 0 Å². The summed E-state index contributed by atoms with van der Waals surface area (Å²) in [5, 5.41) is 0.791. The molecule has 1 amide bonds. The second-order valence-electron chi connectivity index (χ2n) is 6.02.